The molecule has 2 amide bonds. The summed E-state index contributed by atoms with van der Waals surface area (Å²) in [5, 5.41) is 7.63. The topological polar surface area (TPSA) is 67.2 Å². The molecule has 0 aliphatic rings. The van der Waals surface area contributed by atoms with E-state index in [2.05, 4.69) is 27.9 Å². The summed E-state index contributed by atoms with van der Waals surface area (Å²) < 4.78 is 2.89. The highest BCUT2D eigenvalue weighted by Gasteiger charge is 2.19. The number of aromatic nitrogens is 2. The van der Waals surface area contributed by atoms with Crippen LogP contribution in [0, 0.1) is 10.5 Å². The lowest BCUT2D eigenvalue weighted by Crippen LogP contribution is -2.34. The van der Waals surface area contributed by atoms with Crippen LogP contribution in [0.3, 0.4) is 0 Å². The Balaban J connectivity index is 1.80. The predicted molar refractivity (Wildman–Crippen MR) is 147 cm³/mol. The van der Waals surface area contributed by atoms with E-state index in [1.165, 1.54) is 4.90 Å². The van der Waals surface area contributed by atoms with Crippen LogP contribution < -0.4 is 5.32 Å². The maximum absolute atomic E-state index is 13.1. The molecule has 35 heavy (non-hydrogen) atoms. The second kappa shape index (κ2) is 10.7. The lowest BCUT2D eigenvalue weighted by atomic mass is 10.1. The van der Waals surface area contributed by atoms with Crippen LogP contribution in [0.4, 0.5) is 0 Å². The van der Waals surface area contributed by atoms with Crippen LogP contribution in [0.1, 0.15) is 21.5 Å². The molecule has 0 atom stereocenters. The lowest BCUT2D eigenvalue weighted by molar-refractivity contribution is -0.124. The van der Waals surface area contributed by atoms with E-state index in [4.69, 9.17) is 5.10 Å². The highest BCUT2D eigenvalue weighted by Crippen LogP contribution is 2.26. The van der Waals surface area contributed by atoms with Gasteiger partial charge in [-0.05, 0) is 72.0 Å². The number of nitrogens with one attached hydrogen (secondary N) is 1. The molecule has 0 aliphatic carbocycles. The van der Waals surface area contributed by atoms with Gasteiger partial charge in [0.1, 0.15) is 11.4 Å². The van der Waals surface area contributed by atoms with Gasteiger partial charge < -0.3 is 10.2 Å². The fourth-order valence-corrected chi connectivity index (χ4v) is 3.84. The average Bonchev–Trinajstić information content (AvgIpc) is 3.28. The number of rotatable bonds is 6. The van der Waals surface area contributed by atoms with Gasteiger partial charge in [-0.25, -0.2) is 4.68 Å². The molecule has 3 aromatic carbocycles. The smallest absolute Gasteiger partial charge is 0.269 e. The second-order valence-corrected chi connectivity index (χ2v) is 9.54. The van der Waals surface area contributed by atoms with Crippen LogP contribution in [-0.2, 0) is 4.79 Å². The molecule has 1 heterocycles. The van der Waals surface area contributed by atoms with Gasteiger partial charge in [-0.1, -0.05) is 48.0 Å². The first-order chi connectivity index (χ1) is 16.8. The zero-order valence-corrected chi connectivity index (χ0v) is 21.9. The lowest BCUT2D eigenvalue weighted by Gasteiger charge is -2.15. The largest absolute Gasteiger partial charge is 0.344 e. The number of hydrogen-bond donors (Lipinski definition) is 1. The van der Waals surface area contributed by atoms with Crippen molar-refractivity contribution in [2.45, 2.75) is 6.92 Å². The number of aryl methyl sites for hydroxylation is 1. The summed E-state index contributed by atoms with van der Waals surface area (Å²) in [6.45, 7) is 1.96. The van der Waals surface area contributed by atoms with E-state index in [-0.39, 0.29) is 17.5 Å². The predicted octanol–water partition coefficient (Wildman–Crippen LogP) is 5.31. The van der Waals surface area contributed by atoms with Gasteiger partial charge in [0.2, 0.25) is 0 Å². The molecule has 0 bridgehead atoms. The molecule has 0 fully saturated rings. The number of amides is 2. The molecule has 0 saturated carbocycles. The van der Waals surface area contributed by atoms with E-state index in [1.807, 2.05) is 79.9 Å². The van der Waals surface area contributed by atoms with Gasteiger partial charge in [0.05, 0.1) is 5.69 Å². The van der Waals surface area contributed by atoms with E-state index in [9.17, 15) is 9.59 Å². The van der Waals surface area contributed by atoms with E-state index < -0.39 is 0 Å². The molecule has 7 heteroatoms. The third-order valence-corrected chi connectivity index (χ3v) is 6.10. The minimum atomic E-state index is -0.349. The SMILES string of the molecule is Cc1ccc(C(=O)N/C(=C\c2cn(-c3ccccc3)nc2-c2ccc(I)cc2)C(=O)N(C)C)cc1. The van der Waals surface area contributed by atoms with Crippen LogP contribution in [0.5, 0.6) is 0 Å². The number of halogens is 1. The molecular weight excluding hydrogens is 551 g/mol. The Bertz CT molecular complexity index is 1370. The molecule has 176 valence electrons. The standard InChI is InChI=1S/C28H25IN4O2/c1-19-9-11-21(12-10-19)27(34)30-25(28(35)32(2)3)17-22-18-33(24-7-5-4-6-8-24)31-26(22)20-13-15-23(29)16-14-20/h4-18H,1-3H3,(H,30,34)/b25-17-. The van der Waals surface area contributed by atoms with Crippen molar-refractivity contribution in [1.82, 2.24) is 20.0 Å². The normalized spacial score (nSPS) is 11.3. The highest BCUT2D eigenvalue weighted by atomic mass is 127. The molecule has 0 spiro atoms. The Morgan fingerprint density at radius 1 is 0.943 bits per heavy atom. The molecule has 0 unspecified atom stereocenters. The minimum Gasteiger partial charge on any atom is -0.344 e. The molecule has 6 nitrogen and oxygen atoms in total. The van der Waals surface area contributed by atoms with Crippen LogP contribution in [-0.4, -0.2) is 40.6 Å². The van der Waals surface area contributed by atoms with Crippen molar-refractivity contribution in [1.29, 1.82) is 0 Å². The monoisotopic (exact) mass is 576 g/mol. The molecule has 1 N–H and O–H groups in total. The van der Waals surface area contributed by atoms with Gasteiger partial charge >= 0.3 is 0 Å². The Morgan fingerprint density at radius 3 is 2.23 bits per heavy atom. The van der Waals surface area contributed by atoms with Crippen LogP contribution in [0.15, 0.2) is 90.8 Å². The van der Waals surface area contributed by atoms with Gasteiger partial charge in [0.25, 0.3) is 11.8 Å². The van der Waals surface area contributed by atoms with Crippen LogP contribution in [0.2, 0.25) is 0 Å². The molecule has 1 aromatic heterocycles. The molecule has 0 radical (unpaired) electrons. The third kappa shape index (κ3) is 5.86. The van der Waals surface area contributed by atoms with E-state index >= 15 is 0 Å². The van der Waals surface area contributed by atoms with Crippen molar-refractivity contribution in [3.63, 3.8) is 0 Å². The number of carbonyl (C=O) groups excluding carboxylic acids is 2. The highest BCUT2D eigenvalue weighted by molar-refractivity contribution is 14.1. The van der Waals surface area contributed by atoms with Crippen molar-refractivity contribution in [3.8, 4) is 16.9 Å². The summed E-state index contributed by atoms with van der Waals surface area (Å²) in [6, 6.07) is 25.0. The number of carbonyl (C=O) groups is 2. The second-order valence-electron chi connectivity index (χ2n) is 8.30. The summed E-state index contributed by atoms with van der Waals surface area (Å²) in [5.74, 6) is -0.663. The molecule has 4 aromatic rings. The van der Waals surface area contributed by atoms with Gasteiger partial charge in [-0.3, -0.25) is 9.59 Å². The summed E-state index contributed by atoms with van der Waals surface area (Å²) in [6.07, 6.45) is 3.55. The van der Waals surface area contributed by atoms with E-state index in [0.717, 1.165) is 20.4 Å². The molecular formula is C28H25IN4O2. The first-order valence-electron chi connectivity index (χ1n) is 11.0. The van der Waals surface area contributed by atoms with E-state index in [1.54, 1.807) is 37.0 Å². The summed E-state index contributed by atoms with van der Waals surface area (Å²) in [7, 11) is 3.31. The van der Waals surface area contributed by atoms with Crippen molar-refractivity contribution in [3.05, 3.63) is 111 Å². The molecule has 0 aliphatic heterocycles. The first kappa shape index (κ1) is 24.4. The number of para-hydroxylation sites is 1. The minimum absolute atomic E-state index is 0.167. The van der Waals surface area contributed by atoms with Crippen molar-refractivity contribution in [2.24, 2.45) is 0 Å². The molecule has 4 rings (SSSR count). The Labute approximate surface area is 218 Å². The van der Waals surface area contributed by atoms with Gasteiger partial charge in [0.15, 0.2) is 0 Å². The maximum Gasteiger partial charge on any atom is 0.269 e. The Morgan fingerprint density at radius 2 is 1.60 bits per heavy atom. The summed E-state index contributed by atoms with van der Waals surface area (Å²) >= 11 is 2.26. The van der Waals surface area contributed by atoms with Crippen LogP contribution >= 0.6 is 22.6 Å². The quantitative estimate of drug-likeness (QED) is 0.250. The van der Waals surface area contributed by atoms with Gasteiger partial charge in [-0.15, -0.1) is 0 Å². The van der Waals surface area contributed by atoms with E-state index in [0.29, 0.717) is 16.8 Å². The first-order valence-corrected chi connectivity index (χ1v) is 12.1. The number of benzene rings is 3. The van der Waals surface area contributed by atoms with Gasteiger partial charge in [-0.2, -0.15) is 5.10 Å². The van der Waals surface area contributed by atoms with Crippen molar-refractivity contribution < 1.29 is 9.59 Å². The maximum atomic E-state index is 13.1. The number of likely N-dealkylation sites (N-methyl/N-ethyl adjacent to an activating group) is 1. The third-order valence-electron chi connectivity index (χ3n) is 5.38. The summed E-state index contributed by atoms with van der Waals surface area (Å²) in [5.41, 5.74) is 4.92. The number of hydrogen-bond acceptors (Lipinski definition) is 3. The van der Waals surface area contributed by atoms with Crippen molar-refractivity contribution >= 4 is 40.5 Å². The fraction of sp³-hybridized carbons (Fsp3) is 0.107. The number of nitrogens with zero attached hydrogens (tertiary/aromatic N) is 3. The average molecular weight is 576 g/mol. The Kier molecular flexibility index (Phi) is 7.45. The summed E-state index contributed by atoms with van der Waals surface area (Å²) in [4.78, 5) is 27.4. The zero-order valence-electron chi connectivity index (χ0n) is 19.7. The van der Waals surface area contributed by atoms with Crippen molar-refractivity contribution in [2.75, 3.05) is 14.1 Å². The fourth-order valence-electron chi connectivity index (χ4n) is 3.49. The Hall–Kier alpha value is -3.72. The van der Waals surface area contributed by atoms with Crippen LogP contribution in [0.25, 0.3) is 23.0 Å². The zero-order chi connectivity index (χ0) is 24.9. The molecule has 0 saturated heterocycles. The van der Waals surface area contributed by atoms with Gasteiger partial charge in [0, 0.05) is 40.6 Å².